The summed E-state index contributed by atoms with van der Waals surface area (Å²) >= 11 is 0.974. The van der Waals surface area contributed by atoms with E-state index in [0.717, 1.165) is 50.0 Å². The summed E-state index contributed by atoms with van der Waals surface area (Å²) in [5.41, 5.74) is 4.88. The van der Waals surface area contributed by atoms with Gasteiger partial charge in [0.2, 0.25) is 5.91 Å². The second kappa shape index (κ2) is 8.92. The number of nitrogens with one attached hydrogen (secondary N) is 1. The quantitative estimate of drug-likeness (QED) is 0.345. The van der Waals surface area contributed by atoms with Crippen LogP contribution in [0.4, 0.5) is 5.13 Å². The number of carbonyl (C=O) groups excluding carboxylic acids is 1. The lowest BCUT2D eigenvalue weighted by Crippen LogP contribution is -2.27. The Labute approximate surface area is 207 Å². The van der Waals surface area contributed by atoms with Gasteiger partial charge in [-0.3, -0.25) is 9.69 Å². The van der Waals surface area contributed by atoms with Crippen LogP contribution in [0.3, 0.4) is 0 Å². The molecule has 3 aromatic carbocycles. The Bertz CT molecular complexity index is 1670. The van der Waals surface area contributed by atoms with Gasteiger partial charge in [0.15, 0.2) is 9.34 Å². The third-order valence-corrected chi connectivity index (χ3v) is 9.20. The highest BCUT2D eigenvalue weighted by Gasteiger charge is 2.23. The van der Waals surface area contributed by atoms with Crippen LogP contribution in [-0.2, 0) is 21.2 Å². The Hall–Kier alpha value is -3.53. The summed E-state index contributed by atoms with van der Waals surface area (Å²) < 4.78 is 32.8. The predicted molar refractivity (Wildman–Crippen MR) is 139 cm³/mol. The van der Waals surface area contributed by atoms with Crippen molar-refractivity contribution in [1.29, 1.82) is 0 Å². The molecule has 5 aromatic rings. The molecule has 0 aliphatic rings. The van der Waals surface area contributed by atoms with Crippen LogP contribution < -0.4 is 9.62 Å². The Balaban J connectivity index is 1.37. The lowest BCUT2D eigenvalue weighted by atomic mass is 10.0. The van der Waals surface area contributed by atoms with Gasteiger partial charge in [-0.05, 0) is 31.2 Å². The summed E-state index contributed by atoms with van der Waals surface area (Å²) in [6.07, 6.45) is 0.165. The largest absolute Gasteiger partial charge is 0.455 e. The lowest BCUT2D eigenvalue weighted by Gasteiger charge is -2.14. The van der Waals surface area contributed by atoms with Crippen LogP contribution in [-0.4, -0.2) is 33.4 Å². The SMILES string of the molecule is CNS(=O)(=O)c1sc(N(C)C(=O)Cc2ccc(-c3cccc4c3oc3ccccc34)cc2)nc1C. The molecule has 0 spiro atoms. The molecule has 0 fully saturated rings. The molecular weight excluding hydrogens is 482 g/mol. The zero-order valence-electron chi connectivity index (χ0n) is 19.4. The molecule has 0 unspecified atom stereocenters. The van der Waals surface area contributed by atoms with E-state index in [1.807, 2.05) is 54.6 Å². The van der Waals surface area contributed by atoms with Gasteiger partial charge in [0.05, 0.1) is 12.1 Å². The number of hydrogen-bond donors (Lipinski definition) is 1. The van der Waals surface area contributed by atoms with E-state index in [4.69, 9.17) is 4.42 Å². The maximum absolute atomic E-state index is 12.9. The second-order valence-electron chi connectivity index (χ2n) is 8.18. The molecule has 35 heavy (non-hydrogen) atoms. The number of anilines is 1. The number of aromatic nitrogens is 1. The molecule has 1 amide bonds. The molecule has 2 heterocycles. The van der Waals surface area contributed by atoms with Crippen LogP contribution >= 0.6 is 11.3 Å². The minimum Gasteiger partial charge on any atom is -0.455 e. The first-order valence-electron chi connectivity index (χ1n) is 11.0. The Morgan fingerprint density at radius 3 is 2.49 bits per heavy atom. The number of aryl methyl sites for hydroxylation is 1. The van der Waals surface area contributed by atoms with Gasteiger partial charge < -0.3 is 4.42 Å². The van der Waals surface area contributed by atoms with Crippen molar-refractivity contribution in [3.05, 3.63) is 78.0 Å². The number of nitrogens with zero attached hydrogens (tertiary/aromatic N) is 2. The standard InChI is InChI=1S/C26H23N3O4S2/c1-16-25(35(31,32)27-2)34-26(28-16)29(3)23(30)15-17-11-13-18(14-12-17)19-8-6-9-21-20-7-4-5-10-22(20)33-24(19)21/h4-14,27H,15H2,1-3H3. The molecule has 0 radical (unpaired) electrons. The number of benzene rings is 3. The molecule has 2 aromatic heterocycles. The number of para-hydroxylation sites is 2. The van der Waals surface area contributed by atoms with Gasteiger partial charge in [-0.2, -0.15) is 0 Å². The van der Waals surface area contributed by atoms with Crippen molar-refractivity contribution < 1.29 is 17.6 Å². The number of fused-ring (bicyclic) bond motifs is 3. The topological polar surface area (TPSA) is 92.5 Å². The summed E-state index contributed by atoms with van der Waals surface area (Å²) in [5.74, 6) is -0.181. The van der Waals surface area contributed by atoms with Crippen molar-refractivity contribution in [1.82, 2.24) is 9.71 Å². The molecule has 9 heteroatoms. The molecule has 0 aliphatic carbocycles. The first-order valence-corrected chi connectivity index (χ1v) is 13.3. The zero-order chi connectivity index (χ0) is 24.7. The fourth-order valence-electron chi connectivity index (χ4n) is 4.03. The first kappa shape index (κ1) is 23.2. The summed E-state index contributed by atoms with van der Waals surface area (Å²) in [4.78, 5) is 18.6. The average Bonchev–Trinajstić information content (AvgIpc) is 3.45. The molecule has 1 N–H and O–H groups in total. The number of rotatable bonds is 6. The van der Waals surface area contributed by atoms with Crippen LogP contribution in [0.1, 0.15) is 11.3 Å². The summed E-state index contributed by atoms with van der Waals surface area (Å²) in [5, 5.41) is 2.49. The van der Waals surface area contributed by atoms with E-state index < -0.39 is 10.0 Å². The smallest absolute Gasteiger partial charge is 0.251 e. The number of sulfonamides is 1. The molecule has 0 aliphatic heterocycles. The van der Waals surface area contributed by atoms with E-state index in [1.165, 1.54) is 11.9 Å². The van der Waals surface area contributed by atoms with Crippen LogP contribution in [0.25, 0.3) is 33.1 Å². The number of thiazole rings is 1. The summed E-state index contributed by atoms with van der Waals surface area (Å²) in [6.45, 7) is 1.61. The molecule has 0 atom stereocenters. The Morgan fingerprint density at radius 1 is 1.03 bits per heavy atom. The number of hydrogen-bond acceptors (Lipinski definition) is 6. The lowest BCUT2D eigenvalue weighted by molar-refractivity contribution is -0.117. The predicted octanol–water partition coefficient (Wildman–Crippen LogP) is 5.13. The van der Waals surface area contributed by atoms with E-state index in [1.54, 1.807) is 14.0 Å². The fourth-order valence-corrected chi connectivity index (χ4v) is 6.34. The zero-order valence-corrected chi connectivity index (χ0v) is 21.0. The third-order valence-electron chi connectivity index (χ3n) is 5.94. The Morgan fingerprint density at radius 2 is 1.74 bits per heavy atom. The molecule has 0 bridgehead atoms. The molecular formula is C26H23N3O4S2. The van der Waals surface area contributed by atoms with Crippen molar-refractivity contribution in [2.75, 3.05) is 19.0 Å². The van der Waals surface area contributed by atoms with E-state index >= 15 is 0 Å². The number of amides is 1. The highest BCUT2D eigenvalue weighted by atomic mass is 32.2. The van der Waals surface area contributed by atoms with Crippen LogP contribution in [0.15, 0.2) is 75.4 Å². The van der Waals surface area contributed by atoms with E-state index in [9.17, 15) is 13.2 Å². The van der Waals surface area contributed by atoms with Gasteiger partial charge in [-0.15, -0.1) is 0 Å². The Kier molecular flexibility index (Phi) is 5.92. The summed E-state index contributed by atoms with van der Waals surface area (Å²) in [6, 6.07) is 21.9. The van der Waals surface area contributed by atoms with Gasteiger partial charge in [0, 0.05) is 23.4 Å². The van der Waals surface area contributed by atoms with E-state index in [-0.39, 0.29) is 16.5 Å². The van der Waals surface area contributed by atoms with Crippen molar-refractivity contribution in [2.45, 2.75) is 17.6 Å². The van der Waals surface area contributed by atoms with Crippen molar-refractivity contribution in [3.63, 3.8) is 0 Å². The monoisotopic (exact) mass is 505 g/mol. The maximum Gasteiger partial charge on any atom is 0.251 e. The van der Waals surface area contributed by atoms with Crippen LogP contribution in [0.2, 0.25) is 0 Å². The van der Waals surface area contributed by atoms with Crippen molar-refractivity contribution in [2.24, 2.45) is 0 Å². The number of carbonyl (C=O) groups is 1. The average molecular weight is 506 g/mol. The fraction of sp³-hybridized carbons (Fsp3) is 0.154. The van der Waals surface area contributed by atoms with Crippen LogP contribution in [0.5, 0.6) is 0 Å². The van der Waals surface area contributed by atoms with Gasteiger partial charge in [-0.1, -0.05) is 72.0 Å². The molecule has 7 nitrogen and oxygen atoms in total. The van der Waals surface area contributed by atoms with Gasteiger partial charge >= 0.3 is 0 Å². The molecule has 5 rings (SSSR count). The first-order chi connectivity index (χ1) is 16.8. The molecule has 0 saturated heterocycles. The highest BCUT2D eigenvalue weighted by Crippen LogP contribution is 2.35. The normalized spacial score (nSPS) is 11.9. The van der Waals surface area contributed by atoms with Gasteiger partial charge in [0.1, 0.15) is 11.2 Å². The van der Waals surface area contributed by atoms with E-state index in [0.29, 0.717) is 10.8 Å². The highest BCUT2D eigenvalue weighted by molar-refractivity contribution is 7.91. The molecule has 178 valence electrons. The minimum atomic E-state index is -3.62. The number of likely N-dealkylation sites (N-methyl/N-ethyl adjacent to an activating group) is 1. The maximum atomic E-state index is 12.9. The van der Waals surface area contributed by atoms with Crippen molar-refractivity contribution >= 4 is 54.3 Å². The second-order valence-corrected chi connectivity index (χ2v) is 11.2. The van der Waals surface area contributed by atoms with Crippen LogP contribution in [0, 0.1) is 6.92 Å². The van der Waals surface area contributed by atoms with Gasteiger partial charge in [-0.25, -0.2) is 18.1 Å². The molecule has 0 saturated carbocycles. The van der Waals surface area contributed by atoms with Crippen molar-refractivity contribution in [3.8, 4) is 11.1 Å². The van der Waals surface area contributed by atoms with E-state index in [2.05, 4.69) is 21.8 Å². The minimum absolute atomic E-state index is 0.110. The third kappa shape index (κ3) is 4.22. The summed E-state index contributed by atoms with van der Waals surface area (Å²) in [7, 11) is -0.669. The number of furan rings is 1. The van der Waals surface area contributed by atoms with Gasteiger partial charge in [0.25, 0.3) is 10.0 Å².